The first kappa shape index (κ1) is 14.5. The number of nitrogens with zero attached hydrogens (tertiary/aromatic N) is 2. The maximum absolute atomic E-state index is 12.1. The summed E-state index contributed by atoms with van der Waals surface area (Å²) in [4.78, 5) is 14.1. The number of carbonyl (C=O) groups excluding carboxylic acids is 1. The molecule has 0 bridgehead atoms. The number of benzene rings is 1. The molecule has 1 aromatic rings. The summed E-state index contributed by atoms with van der Waals surface area (Å²) in [5.74, 6) is -0.139. The molecule has 0 radical (unpaired) electrons. The standard InChI is InChI=1S/C15H18N2O3/c1-20-15(19)14(17-6-5-12(9-17)10-18)13-4-2-3-11(7-13)8-16/h2-4,7,12,14,18H,5-6,9-10H2,1H3/t12-,14+/m0/s1. The second-order valence-electron chi connectivity index (χ2n) is 5.00. The summed E-state index contributed by atoms with van der Waals surface area (Å²) >= 11 is 0. The van der Waals surface area contributed by atoms with E-state index in [4.69, 9.17) is 10.00 Å². The predicted octanol–water partition coefficient (Wildman–Crippen LogP) is 1.09. The van der Waals surface area contributed by atoms with Crippen molar-refractivity contribution in [3.05, 3.63) is 35.4 Å². The Hall–Kier alpha value is -1.90. The smallest absolute Gasteiger partial charge is 0.327 e. The number of esters is 1. The average molecular weight is 274 g/mol. The van der Waals surface area contributed by atoms with Gasteiger partial charge in [0.2, 0.25) is 0 Å². The number of carbonyl (C=O) groups is 1. The van der Waals surface area contributed by atoms with E-state index in [0.29, 0.717) is 12.1 Å². The van der Waals surface area contributed by atoms with Crippen molar-refractivity contribution < 1.29 is 14.6 Å². The van der Waals surface area contributed by atoms with Crippen LogP contribution in [0.4, 0.5) is 0 Å². The van der Waals surface area contributed by atoms with Crippen molar-refractivity contribution in [1.82, 2.24) is 4.90 Å². The number of hydrogen-bond acceptors (Lipinski definition) is 5. The number of likely N-dealkylation sites (tertiary alicyclic amines) is 1. The molecular weight excluding hydrogens is 256 g/mol. The van der Waals surface area contributed by atoms with Crippen LogP contribution in [0.3, 0.4) is 0 Å². The van der Waals surface area contributed by atoms with Gasteiger partial charge in [0.15, 0.2) is 0 Å². The maximum Gasteiger partial charge on any atom is 0.327 e. The van der Waals surface area contributed by atoms with Crippen molar-refractivity contribution in [1.29, 1.82) is 5.26 Å². The van der Waals surface area contributed by atoms with E-state index in [0.717, 1.165) is 18.5 Å². The molecular formula is C15H18N2O3. The van der Waals surface area contributed by atoms with Crippen LogP contribution in [-0.2, 0) is 9.53 Å². The Morgan fingerprint density at radius 2 is 2.45 bits per heavy atom. The quantitative estimate of drug-likeness (QED) is 0.832. The molecule has 1 heterocycles. The lowest BCUT2D eigenvalue weighted by molar-refractivity contribution is -0.147. The Kier molecular flexibility index (Phi) is 4.72. The number of aliphatic hydroxyl groups is 1. The molecule has 0 saturated carbocycles. The van der Waals surface area contributed by atoms with Gasteiger partial charge in [0.05, 0.1) is 18.7 Å². The minimum atomic E-state index is -0.509. The van der Waals surface area contributed by atoms with Gasteiger partial charge in [-0.15, -0.1) is 0 Å². The van der Waals surface area contributed by atoms with Crippen LogP contribution < -0.4 is 0 Å². The van der Waals surface area contributed by atoms with Gasteiger partial charge in [0, 0.05) is 13.2 Å². The van der Waals surface area contributed by atoms with Gasteiger partial charge in [-0.25, -0.2) is 4.79 Å². The van der Waals surface area contributed by atoms with Crippen molar-refractivity contribution in [2.45, 2.75) is 12.5 Å². The van der Waals surface area contributed by atoms with Crippen LogP contribution in [0.1, 0.15) is 23.6 Å². The summed E-state index contributed by atoms with van der Waals surface area (Å²) in [5.41, 5.74) is 1.28. The van der Waals surface area contributed by atoms with Crippen molar-refractivity contribution in [3.63, 3.8) is 0 Å². The number of aliphatic hydroxyl groups excluding tert-OH is 1. The normalized spacial score (nSPS) is 20.4. The van der Waals surface area contributed by atoms with E-state index in [-0.39, 0.29) is 18.5 Å². The highest BCUT2D eigenvalue weighted by molar-refractivity contribution is 5.77. The lowest BCUT2D eigenvalue weighted by Gasteiger charge is -2.26. The zero-order chi connectivity index (χ0) is 14.5. The lowest BCUT2D eigenvalue weighted by atomic mass is 10.0. The first-order valence-corrected chi connectivity index (χ1v) is 6.62. The molecule has 5 heteroatoms. The van der Waals surface area contributed by atoms with Crippen LogP contribution in [0.25, 0.3) is 0 Å². The number of methoxy groups -OCH3 is 1. The van der Waals surface area contributed by atoms with Gasteiger partial charge in [-0.2, -0.15) is 5.26 Å². The van der Waals surface area contributed by atoms with Crippen molar-refractivity contribution >= 4 is 5.97 Å². The molecule has 1 aliphatic rings. The Balaban J connectivity index is 2.28. The van der Waals surface area contributed by atoms with Gasteiger partial charge in [-0.05, 0) is 36.6 Å². The monoisotopic (exact) mass is 274 g/mol. The van der Waals surface area contributed by atoms with Crippen molar-refractivity contribution in [2.24, 2.45) is 5.92 Å². The SMILES string of the molecule is COC(=O)[C@@H](c1cccc(C#N)c1)N1CC[C@H](CO)C1. The minimum Gasteiger partial charge on any atom is -0.468 e. The first-order valence-electron chi connectivity index (χ1n) is 6.62. The van der Waals surface area contributed by atoms with Crippen LogP contribution >= 0.6 is 0 Å². The number of nitriles is 1. The van der Waals surface area contributed by atoms with Gasteiger partial charge >= 0.3 is 5.97 Å². The first-order chi connectivity index (χ1) is 9.69. The van der Waals surface area contributed by atoms with Crippen LogP contribution in [-0.4, -0.2) is 42.8 Å². The Morgan fingerprint density at radius 1 is 1.65 bits per heavy atom. The molecule has 2 atom stereocenters. The van der Waals surface area contributed by atoms with Gasteiger partial charge in [-0.3, -0.25) is 4.90 Å². The molecule has 2 rings (SSSR count). The summed E-state index contributed by atoms with van der Waals surface area (Å²) in [6, 6.07) is 8.59. The van der Waals surface area contributed by atoms with E-state index in [1.54, 1.807) is 18.2 Å². The van der Waals surface area contributed by atoms with E-state index in [2.05, 4.69) is 6.07 Å². The van der Waals surface area contributed by atoms with Crippen LogP contribution in [0, 0.1) is 17.2 Å². The van der Waals surface area contributed by atoms with E-state index in [9.17, 15) is 9.90 Å². The number of rotatable bonds is 4. The molecule has 20 heavy (non-hydrogen) atoms. The molecule has 0 spiro atoms. The fourth-order valence-corrected chi connectivity index (χ4v) is 2.63. The molecule has 0 aromatic heterocycles. The molecule has 106 valence electrons. The fraction of sp³-hybridized carbons (Fsp3) is 0.467. The Labute approximate surface area is 118 Å². The maximum atomic E-state index is 12.1. The van der Waals surface area contributed by atoms with E-state index in [1.165, 1.54) is 7.11 Å². The molecule has 0 amide bonds. The number of ether oxygens (including phenoxy) is 1. The second-order valence-corrected chi connectivity index (χ2v) is 5.00. The molecule has 1 aromatic carbocycles. The molecule has 0 unspecified atom stereocenters. The highest BCUT2D eigenvalue weighted by Gasteiger charge is 2.34. The summed E-state index contributed by atoms with van der Waals surface area (Å²) in [5, 5.41) is 18.2. The van der Waals surface area contributed by atoms with Gasteiger partial charge in [0.25, 0.3) is 0 Å². The van der Waals surface area contributed by atoms with Crippen LogP contribution in [0.15, 0.2) is 24.3 Å². The Morgan fingerprint density at radius 3 is 3.05 bits per heavy atom. The third kappa shape index (κ3) is 2.98. The molecule has 0 aliphatic carbocycles. The van der Waals surface area contributed by atoms with E-state index < -0.39 is 6.04 Å². The van der Waals surface area contributed by atoms with Crippen LogP contribution in [0.5, 0.6) is 0 Å². The highest BCUT2D eigenvalue weighted by atomic mass is 16.5. The summed E-state index contributed by atoms with van der Waals surface area (Å²) < 4.78 is 4.90. The van der Waals surface area contributed by atoms with Crippen molar-refractivity contribution in [3.8, 4) is 6.07 Å². The largest absolute Gasteiger partial charge is 0.468 e. The summed E-state index contributed by atoms with van der Waals surface area (Å²) in [6.07, 6.45) is 0.863. The third-order valence-electron chi connectivity index (χ3n) is 3.70. The third-order valence-corrected chi connectivity index (χ3v) is 3.70. The lowest BCUT2D eigenvalue weighted by Crippen LogP contribution is -2.33. The average Bonchev–Trinajstić information content (AvgIpc) is 2.96. The van der Waals surface area contributed by atoms with E-state index in [1.807, 2.05) is 11.0 Å². The minimum absolute atomic E-state index is 0.128. The second kappa shape index (κ2) is 6.51. The molecule has 5 nitrogen and oxygen atoms in total. The van der Waals surface area contributed by atoms with Crippen LogP contribution in [0.2, 0.25) is 0 Å². The zero-order valence-electron chi connectivity index (χ0n) is 11.5. The Bertz CT molecular complexity index is 524. The molecule has 1 aliphatic heterocycles. The van der Waals surface area contributed by atoms with Gasteiger partial charge in [0.1, 0.15) is 6.04 Å². The molecule has 1 N–H and O–H groups in total. The summed E-state index contributed by atoms with van der Waals surface area (Å²) in [7, 11) is 1.36. The van der Waals surface area contributed by atoms with Crippen molar-refractivity contribution in [2.75, 3.05) is 26.8 Å². The van der Waals surface area contributed by atoms with Gasteiger partial charge < -0.3 is 9.84 Å². The predicted molar refractivity (Wildman–Crippen MR) is 72.7 cm³/mol. The fourth-order valence-electron chi connectivity index (χ4n) is 2.63. The highest BCUT2D eigenvalue weighted by Crippen LogP contribution is 2.29. The topological polar surface area (TPSA) is 73.6 Å². The number of hydrogen-bond donors (Lipinski definition) is 1. The van der Waals surface area contributed by atoms with E-state index >= 15 is 0 Å². The zero-order valence-corrected chi connectivity index (χ0v) is 11.5. The summed E-state index contributed by atoms with van der Waals surface area (Å²) in [6.45, 7) is 1.53. The molecule has 1 saturated heterocycles. The molecule has 1 fully saturated rings. The van der Waals surface area contributed by atoms with Gasteiger partial charge in [-0.1, -0.05) is 12.1 Å².